The van der Waals surface area contributed by atoms with Crippen molar-refractivity contribution in [3.05, 3.63) is 68.8 Å². The maximum absolute atomic E-state index is 13.6. The Morgan fingerprint density at radius 1 is 1.29 bits per heavy atom. The van der Waals surface area contributed by atoms with Crippen molar-refractivity contribution in [1.82, 2.24) is 14.7 Å². The second-order valence-electron chi connectivity index (χ2n) is 10.8. The number of quaternary nitrogens is 1. The number of benzene rings is 1. The lowest BCUT2D eigenvalue weighted by molar-refractivity contribution is -0.948. The van der Waals surface area contributed by atoms with Crippen molar-refractivity contribution >= 4 is 16.9 Å². The third-order valence-corrected chi connectivity index (χ3v) is 8.39. The van der Waals surface area contributed by atoms with E-state index in [1.807, 2.05) is 18.4 Å². The van der Waals surface area contributed by atoms with Gasteiger partial charge in [-0.25, -0.2) is 14.2 Å². The van der Waals surface area contributed by atoms with Crippen molar-refractivity contribution in [3.8, 4) is 0 Å². The van der Waals surface area contributed by atoms with Crippen molar-refractivity contribution in [3.63, 3.8) is 0 Å². The van der Waals surface area contributed by atoms with E-state index in [4.69, 9.17) is 14.2 Å². The number of rotatable bonds is 7. The monoisotopic (exact) mass is 523 g/mol. The molecule has 38 heavy (non-hydrogen) atoms. The molecule has 1 saturated heterocycles. The third-order valence-electron chi connectivity index (χ3n) is 8.39. The number of piperidine rings is 1. The first-order valence-corrected chi connectivity index (χ1v) is 13.6. The van der Waals surface area contributed by atoms with Crippen LogP contribution < -0.4 is 5.56 Å². The molecule has 2 aromatic heterocycles. The molecule has 9 heteroatoms. The van der Waals surface area contributed by atoms with E-state index in [9.17, 15) is 14.0 Å². The number of aromatic nitrogens is 3. The zero-order valence-electron chi connectivity index (χ0n) is 22.5. The van der Waals surface area contributed by atoms with Crippen LogP contribution in [0, 0.1) is 12.7 Å². The number of fused-ring (bicyclic) bond motifs is 2. The van der Waals surface area contributed by atoms with Gasteiger partial charge in [0.1, 0.15) is 11.6 Å². The molecule has 0 spiro atoms. The summed E-state index contributed by atoms with van der Waals surface area (Å²) in [4.78, 5) is 30.6. The Kier molecular flexibility index (Phi) is 7.47. The molecule has 0 bridgehead atoms. The molecule has 0 saturated carbocycles. The van der Waals surface area contributed by atoms with Crippen molar-refractivity contribution in [2.45, 2.75) is 71.8 Å². The van der Waals surface area contributed by atoms with E-state index in [0.29, 0.717) is 28.6 Å². The summed E-state index contributed by atoms with van der Waals surface area (Å²) in [6, 6.07) is 4.53. The van der Waals surface area contributed by atoms with Gasteiger partial charge < -0.3 is 9.26 Å². The minimum Gasteiger partial charge on any atom is -0.412 e. The van der Waals surface area contributed by atoms with E-state index in [2.05, 4.69) is 5.16 Å². The lowest BCUT2D eigenvalue weighted by Crippen LogP contribution is -2.55. The molecule has 3 aromatic rings. The summed E-state index contributed by atoms with van der Waals surface area (Å²) in [6.45, 7) is 8.68. The first-order chi connectivity index (χ1) is 18.3. The number of aryl methyl sites for hydroxylation is 2. The molecular formula is C29H36FN4O4+. The van der Waals surface area contributed by atoms with Crippen LogP contribution in [0.15, 0.2) is 39.2 Å². The zero-order valence-corrected chi connectivity index (χ0v) is 22.5. The van der Waals surface area contributed by atoms with E-state index < -0.39 is 0 Å². The normalized spacial score (nSPS) is 21.9. The Bertz CT molecular complexity index is 1430. The summed E-state index contributed by atoms with van der Waals surface area (Å²) in [7, 11) is 0. The van der Waals surface area contributed by atoms with Gasteiger partial charge in [-0.1, -0.05) is 11.2 Å². The van der Waals surface area contributed by atoms with Gasteiger partial charge in [0.25, 0.3) is 5.56 Å². The lowest BCUT2D eigenvalue weighted by Gasteiger charge is -2.42. The summed E-state index contributed by atoms with van der Waals surface area (Å²) in [5.41, 5.74) is 3.52. The third kappa shape index (κ3) is 5.16. The Balaban J connectivity index is 1.36. The van der Waals surface area contributed by atoms with Gasteiger partial charge in [0.2, 0.25) is 6.73 Å². The van der Waals surface area contributed by atoms with Gasteiger partial charge in [-0.3, -0.25) is 13.8 Å². The highest BCUT2D eigenvalue weighted by Crippen LogP contribution is 2.35. The topological polar surface area (TPSA) is 87.2 Å². The first-order valence-electron chi connectivity index (χ1n) is 13.6. The quantitative estimate of drug-likeness (QED) is 0.256. The number of nitrogens with zero attached hydrogens (tertiary/aromatic N) is 4. The van der Waals surface area contributed by atoms with Crippen LogP contribution in [0.3, 0.4) is 0 Å². The molecule has 1 aromatic carbocycles. The average Bonchev–Trinajstić information content (AvgIpc) is 3.34. The minimum absolute atomic E-state index is 0.0725. The summed E-state index contributed by atoms with van der Waals surface area (Å²) >= 11 is 0. The number of esters is 1. The maximum Gasteiger partial charge on any atom is 0.337 e. The van der Waals surface area contributed by atoms with Crippen LogP contribution in [-0.4, -0.2) is 51.5 Å². The summed E-state index contributed by atoms with van der Waals surface area (Å²) in [6.07, 6.45) is 6.89. The van der Waals surface area contributed by atoms with E-state index in [-0.39, 0.29) is 30.0 Å². The van der Waals surface area contributed by atoms with Crippen molar-refractivity contribution in [1.29, 1.82) is 0 Å². The van der Waals surface area contributed by atoms with E-state index in [0.717, 1.165) is 79.9 Å². The highest BCUT2D eigenvalue weighted by molar-refractivity contribution is 5.87. The fraction of sp³-hybridized carbons (Fsp3) is 0.517. The molecule has 2 aliphatic heterocycles. The molecule has 8 nitrogen and oxygen atoms in total. The van der Waals surface area contributed by atoms with Crippen LogP contribution in [0.5, 0.6) is 0 Å². The largest absolute Gasteiger partial charge is 0.412 e. The lowest BCUT2D eigenvalue weighted by atomic mass is 9.90. The molecule has 2 aliphatic rings. The Morgan fingerprint density at radius 3 is 2.84 bits per heavy atom. The Morgan fingerprint density at radius 2 is 2.08 bits per heavy atom. The van der Waals surface area contributed by atoms with Crippen LogP contribution in [0.1, 0.15) is 68.2 Å². The molecule has 4 heterocycles. The Labute approximate surface area is 221 Å². The number of ether oxygens (including phenoxy) is 1. The Hall–Kier alpha value is -3.33. The standard InChI is InChI=1S/C29H36FN4O4/c1-4-19(2)29(36)37-18-34(16-12-23-20(3)31-26-7-5-6-13-33(26)28(23)35)14-10-21(11-15-34)27-24-9-8-22(30)17-25(24)38-32-27/h4,8-9,17,21H,5-7,10-16,18H2,1-3H3/q+1/b19-4-. The summed E-state index contributed by atoms with van der Waals surface area (Å²) in [5.74, 6) is 0.394. The first kappa shape index (κ1) is 26.3. The van der Waals surface area contributed by atoms with Gasteiger partial charge in [0, 0.05) is 66.4 Å². The highest BCUT2D eigenvalue weighted by Gasteiger charge is 2.37. The van der Waals surface area contributed by atoms with Gasteiger partial charge in [0.15, 0.2) is 5.58 Å². The molecule has 0 unspecified atom stereocenters. The number of hydrogen-bond acceptors (Lipinski definition) is 6. The number of carbonyl (C=O) groups is 1. The number of likely N-dealkylation sites (tertiary alicyclic amines) is 1. The fourth-order valence-electron chi connectivity index (χ4n) is 5.83. The maximum atomic E-state index is 13.6. The van der Waals surface area contributed by atoms with Crippen LogP contribution in [0.2, 0.25) is 0 Å². The minimum atomic E-state index is -0.347. The van der Waals surface area contributed by atoms with Crippen molar-refractivity contribution < 1.29 is 22.9 Å². The number of halogens is 1. The van der Waals surface area contributed by atoms with E-state index >= 15 is 0 Å². The van der Waals surface area contributed by atoms with Gasteiger partial charge in [0.05, 0.1) is 25.3 Å². The highest BCUT2D eigenvalue weighted by atomic mass is 19.1. The summed E-state index contributed by atoms with van der Waals surface area (Å²) < 4.78 is 27.2. The fourth-order valence-corrected chi connectivity index (χ4v) is 5.83. The van der Waals surface area contributed by atoms with Crippen molar-refractivity contribution in [2.75, 3.05) is 26.4 Å². The molecule has 5 rings (SSSR count). The number of hydrogen-bond donors (Lipinski definition) is 0. The van der Waals surface area contributed by atoms with Gasteiger partial charge in [-0.15, -0.1) is 0 Å². The van der Waals surface area contributed by atoms with Crippen LogP contribution in [0.4, 0.5) is 4.39 Å². The molecule has 1 fully saturated rings. The molecule has 0 N–H and O–H groups in total. The SMILES string of the molecule is C/C=C(/C)C(=O)OC[N+]1(CCc2c(C)nc3n(c2=O)CCCC3)CCC(c2noc3cc(F)ccc23)CC1. The average molecular weight is 524 g/mol. The van der Waals surface area contributed by atoms with E-state index in [1.54, 1.807) is 19.1 Å². The predicted octanol–water partition coefficient (Wildman–Crippen LogP) is 4.57. The number of carbonyl (C=O) groups excluding carboxylic acids is 1. The summed E-state index contributed by atoms with van der Waals surface area (Å²) in [5, 5.41) is 5.12. The van der Waals surface area contributed by atoms with E-state index in [1.165, 1.54) is 12.1 Å². The van der Waals surface area contributed by atoms with Gasteiger partial charge in [-0.2, -0.15) is 0 Å². The second kappa shape index (κ2) is 10.8. The van der Waals surface area contributed by atoms with Crippen LogP contribution in [0.25, 0.3) is 11.0 Å². The molecular weight excluding hydrogens is 487 g/mol. The van der Waals surface area contributed by atoms with Crippen LogP contribution in [-0.2, 0) is 28.9 Å². The molecule has 0 aliphatic carbocycles. The second-order valence-corrected chi connectivity index (χ2v) is 10.8. The van der Waals surface area contributed by atoms with Gasteiger partial charge in [-0.05, 0) is 45.7 Å². The molecule has 0 amide bonds. The number of allylic oxidation sites excluding steroid dienone is 1. The molecule has 0 atom stereocenters. The zero-order chi connectivity index (χ0) is 26.9. The van der Waals surface area contributed by atoms with Crippen LogP contribution >= 0.6 is 0 Å². The smallest absolute Gasteiger partial charge is 0.337 e. The van der Waals surface area contributed by atoms with Crippen molar-refractivity contribution in [2.24, 2.45) is 0 Å². The molecule has 0 radical (unpaired) electrons. The van der Waals surface area contributed by atoms with Gasteiger partial charge >= 0.3 is 5.97 Å². The molecule has 202 valence electrons. The predicted molar refractivity (Wildman–Crippen MR) is 141 cm³/mol.